The van der Waals surface area contributed by atoms with Gasteiger partial charge in [-0.25, -0.2) is 0 Å². The average Bonchev–Trinajstić information content (AvgIpc) is 2.78. The molecule has 166 valence electrons. The normalized spacial score (nSPS) is 20.9. The largest absolute Gasteiger partial charge is 0.494 e. The molecule has 1 atom stereocenters. The molecule has 2 aliphatic heterocycles. The van der Waals surface area contributed by atoms with Crippen LogP contribution in [0.5, 0.6) is 5.75 Å². The molecule has 2 aliphatic rings. The zero-order valence-corrected chi connectivity index (χ0v) is 18.8. The van der Waals surface area contributed by atoms with E-state index >= 15 is 0 Å². The number of hydrogen-bond acceptors (Lipinski definition) is 4. The molecule has 0 radical (unpaired) electrons. The van der Waals surface area contributed by atoms with Gasteiger partial charge < -0.3 is 14.5 Å². The molecule has 30 heavy (non-hydrogen) atoms. The number of ketones is 1. The third-order valence-electron chi connectivity index (χ3n) is 6.48. The summed E-state index contributed by atoms with van der Waals surface area (Å²) in [6.45, 7) is 10.3. The van der Waals surface area contributed by atoms with Crippen molar-refractivity contribution in [2.24, 2.45) is 11.8 Å². The lowest BCUT2D eigenvalue weighted by molar-refractivity contribution is -0.133. The fourth-order valence-electron chi connectivity index (χ4n) is 4.53. The second kappa shape index (κ2) is 11.5. The summed E-state index contributed by atoms with van der Waals surface area (Å²) in [7, 11) is 0. The van der Waals surface area contributed by atoms with E-state index < -0.39 is 0 Å². The molecule has 1 unspecified atom stereocenters. The summed E-state index contributed by atoms with van der Waals surface area (Å²) in [5.74, 6) is 2.36. The van der Waals surface area contributed by atoms with Gasteiger partial charge in [0.1, 0.15) is 5.75 Å². The van der Waals surface area contributed by atoms with Crippen LogP contribution in [-0.2, 0) is 4.79 Å². The number of piperidine rings is 2. The lowest BCUT2D eigenvalue weighted by atomic mass is 9.94. The summed E-state index contributed by atoms with van der Waals surface area (Å²) in [6, 6.07) is 7.27. The Morgan fingerprint density at radius 1 is 1.03 bits per heavy atom. The standard InChI is InChI=1S/C25H38N2O3/c1-3-17-30-23-8-6-22(7-9-23)24(28)10-11-25(29)27-14-4-5-21(19-27)18-26-15-12-20(2)13-16-26/h6-9,20-21H,3-5,10-19H2,1-2H3. The molecule has 2 saturated heterocycles. The van der Waals surface area contributed by atoms with Crippen molar-refractivity contribution in [3.8, 4) is 5.75 Å². The fourth-order valence-corrected chi connectivity index (χ4v) is 4.53. The highest BCUT2D eigenvalue weighted by molar-refractivity contribution is 5.98. The molecule has 2 fully saturated rings. The maximum Gasteiger partial charge on any atom is 0.223 e. The van der Waals surface area contributed by atoms with E-state index in [1.807, 2.05) is 17.0 Å². The molecule has 0 aliphatic carbocycles. The Bertz CT molecular complexity index is 680. The average molecular weight is 415 g/mol. The van der Waals surface area contributed by atoms with Crippen molar-refractivity contribution in [3.63, 3.8) is 0 Å². The lowest BCUT2D eigenvalue weighted by Crippen LogP contribution is -2.45. The third kappa shape index (κ3) is 6.83. The van der Waals surface area contributed by atoms with Gasteiger partial charge in [-0.15, -0.1) is 0 Å². The highest BCUT2D eigenvalue weighted by Crippen LogP contribution is 2.22. The number of Topliss-reactive ketones (excluding diaryl/α,β-unsaturated/α-hetero) is 1. The molecule has 0 bridgehead atoms. The number of nitrogens with zero attached hydrogens (tertiary/aromatic N) is 2. The van der Waals surface area contributed by atoms with Crippen LogP contribution in [0.2, 0.25) is 0 Å². The van der Waals surface area contributed by atoms with Crippen molar-refractivity contribution in [1.82, 2.24) is 9.80 Å². The Morgan fingerprint density at radius 2 is 1.77 bits per heavy atom. The molecule has 1 aromatic carbocycles. The topological polar surface area (TPSA) is 49.9 Å². The summed E-state index contributed by atoms with van der Waals surface area (Å²) in [5, 5.41) is 0. The summed E-state index contributed by atoms with van der Waals surface area (Å²) in [6.07, 6.45) is 6.42. The van der Waals surface area contributed by atoms with Crippen molar-refractivity contribution in [2.75, 3.05) is 39.3 Å². The number of likely N-dealkylation sites (tertiary alicyclic amines) is 2. The van der Waals surface area contributed by atoms with Gasteiger partial charge in [0, 0.05) is 38.0 Å². The Balaban J connectivity index is 1.42. The number of amides is 1. The van der Waals surface area contributed by atoms with E-state index in [0.717, 1.165) is 44.1 Å². The second-order valence-corrected chi connectivity index (χ2v) is 9.13. The Kier molecular flexibility index (Phi) is 8.74. The van der Waals surface area contributed by atoms with Crippen LogP contribution in [0.15, 0.2) is 24.3 Å². The SMILES string of the molecule is CCCOc1ccc(C(=O)CCC(=O)N2CCCC(CN3CCC(C)CC3)C2)cc1. The van der Waals surface area contributed by atoms with Gasteiger partial charge in [0.2, 0.25) is 5.91 Å². The molecule has 5 nitrogen and oxygen atoms in total. The maximum atomic E-state index is 12.7. The van der Waals surface area contributed by atoms with Crippen LogP contribution in [0, 0.1) is 11.8 Å². The number of ether oxygens (including phenoxy) is 1. The number of carbonyl (C=O) groups is 2. The first-order valence-corrected chi connectivity index (χ1v) is 11.8. The number of carbonyl (C=O) groups excluding carboxylic acids is 2. The number of hydrogen-bond donors (Lipinski definition) is 0. The molecule has 1 amide bonds. The van der Waals surface area contributed by atoms with E-state index in [-0.39, 0.29) is 18.1 Å². The molecule has 2 heterocycles. The van der Waals surface area contributed by atoms with Crippen LogP contribution in [-0.4, -0.2) is 60.8 Å². The first-order valence-electron chi connectivity index (χ1n) is 11.8. The van der Waals surface area contributed by atoms with E-state index in [9.17, 15) is 9.59 Å². The highest BCUT2D eigenvalue weighted by atomic mass is 16.5. The predicted octanol–water partition coefficient (Wildman–Crippen LogP) is 4.41. The van der Waals surface area contributed by atoms with Crippen molar-refractivity contribution >= 4 is 11.7 Å². The van der Waals surface area contributed by atoms with E-state index in [1.165, 1.54) is 32.4 Å². The molecule has 1 aromatic rings. The maximum absolute atomic E-state index is 12.7. The number of rotatable bonds is 9. The van der Waals surface area contributed by atoms with Crippen LogP contribution in [0.4, 0.5) is 0 Å². The molecular formula is C25H38N2O3. The number of benzene rings is 1. The Morgan fingerprint density at radius 3 is 2.47 bits per heavy atom. The van der Waals surface area contributed by atoms with Crippen LogP contribution in [0.25, 0.3) is 0 Å². The quantitative estimate of drug-likeness (QED) is 0.562. The molecular weight excluding hydrogens is 376 g/mol. The van der Waals surface area contributed by atoms with Crippen molar-refractivity contribution in [1.29, 1.82) is 0 Å². The lowest BCUT2D eigenvalue weighted by Gasteiger charge is -2.38. The summed E-state index contributed by atoms with van der Waals surface area (Å²) in [5.41, 5.74) is 0.655. The summed E-state index contributed by atoms with van der Waals surface area (Å²) in [4.78, 5) is 29.8. The molecule has 0 saturated carbocycles. The highest BCUT2D eigenvalue weighted by Gasteiger charge is 2.26. The fraction of sp³-hybridized carbons (Fsp3) is 0.680. The minimum Gasteiger partial charge on any atom is -0.494 e. The van der Waals surface area contributed by atoms with Gasteiger partial charge in [-0.1, -0.05) is 13.8 Å². The molecule has 0 N–H and O–H groups in total. The first kappa shape index (κ1) is 22.8. The van der Waals surface area contributed by atoms with Crippen molar-refractivity contribution in [2.45, 2.75) is 58.8 Å². The van der Waals surface area contributed by atoms with Crippen LogP contribution < -0.4 is 4.74 Å². The molecule has 0 spiro atoms. The zero-order chi connectivity index (χ0) is 21.3. The Hall–Kier alpha value is -1.88. The van der Waals surface area contributed by atoms with Crippen molar-refractivity contribution < 1.29 is 14.3 Å². The molecule has 5 heteroatoms. The van der Waals surface area contributed by atoms with Crippen LogP contribution in [0.1, 0.15) is 69.2 Å². The first-order chi connectivity index (χ1) is 14.5. The smallest absolute Gasteiger partial charge is 0.223 e. The monoisotopic (exact) mass is 414 g/mol. The van der Waals surface area contributed by atoms with Gasteiger partial charge in [0.05, 0.1) is 6.61 Å². The minimum atomic E-state index is 0.0291. The van der Waals surface area contributed by atoms with Gasteiger partial charge in [0.15, 0.2) is 5.78 Å². The van der Waals surface area contributed by atoms with E-state index in [1.54, 1.807) is 12.1 Å². The van der Waals surface area contributed by atoms with Crippen LogP contribution >= 0.6 is 0 Å². The van der Waals surface area contributed by atoms with Crippen molar-refractivity contribution in [3.05, 3.63) is 29.8 Å². The van der Waals surface area contributed by atoms with E-state index in [4.69, 9.17) is 4.74 Å². The van der Waals surface area contributed by atoms with Gasteiger partial charge in [-0.2, -0.15) is 0 Å². The third-order valence-corrected chi connectivity index (χ3v) is 6.48. The molecule has 0 aromatic heterocycles. The summed E-state index contributed by atoms with van der Waals surface area (Å²) >= 11 is 0. The second-order valence-electron chi connectivity index (χ2n) is 9.13. The Labute approximate surface area is 181 Å². The van der Waals surface area contributed by atoms with Gasteiger partial charge >= 0.3 is 0 Å². The zero-order valence-electron chi connectivity index (χ0n) is 18.8. The summed E-state index contributed by atoms with van der Waals surface area (Å²) < 4.78 is 5.56. The predicted molar refractivity (Wildman–Crippen MR) is 120 cm³/mol. The minimum absolute atomic E-state index is 0.0291. The molecule has 3 rings (SSSR count). The van der Waals surface area contributed by atoms with Crippen LogP contribution in [0.3, 0.4) is 0 Å². The van der Waals surface area contributed by atoms with E-state index in [0.29, 0.717) is 24.5 Å². The van der Waals surface area contributed by atoms with Gasteiger partial charge in [-0.3, -0.25) is 9.59 Å². The van der Waals surface area contributed by atoms with E-state index in [2.05, 4.69) is 18.7 Å². The van der Waals surface area contributed by atoms with Gasteiger partial charge in [-0.05, 0) is 81.3 Å². The van der Waals surface area contributed by atoms with Gasteiger partial charge in [0.25, 0.3) is 0 Å².